The van der Waals surface area contributed by atoms with Crippen LogP contribution in [0.3, 0.4) is 0 Å². The normalized spacial score (nSPS) is 11.1. The van der Waals surface area contributed by atoms with Crippen molar-refractivity contribution in [3.63, 3.8) is 0 Å². The number of rotatable bonds is 6. The van der Waals surface area contributed by atoms with Crippen LogP contribution in [0.25, 0.3) is 44.5 Å². The monoisotopic (exact) mass is 529 g/mol. The Kier molecular flexibility index (Phi) is 6.23. The molecule has 174 valence electrons. The van der Waals surface area contributed by atoms with Gasteiger partial charge in [0.05, 0.1) is 0 Å². The number of benzene rings is 4. The van der Waals surface area contributed by atoms with Crippen LogP contribution in [0.4, 0.5) is 0 Å². The number of fused-ring (bicyclic) bond motifs is 1. The first kappa shape index (κ1) is 22.5. The predicted octanol–water partition coefficient (Wildman–Crippen LogP) is 8.46. The van der Waals surface area contributed by atoms with Crippen LogP contribution < -0.4 is 4.57 Å². The highest BCUT2D eigenvalue weighted by atomic mass is 79.9. The third kappa shape index (κ3) is 4.50. The molecule has 0 atom stereocenters. The molecular weight excluding hydrogens is 504 g/mol. The maximum Gasteiger partial charge on any atom is 0.213 e. The van der Waals surface area contributed by atoms with Gasteiger partial charge in [-0.3, -0.25) is 0 Å². The predicted molar refractivity (Wildman–Crippen MR) is 153 cm³/mol. The van der Waals surface area contributed by atoms with Crippen LogP contribution in [0.1, 0.15) is 5.56 Å². The van der Waals surface area contributed by atoms with E-state index in [1.54, 1.807) is 0 Å². The minimum absolute atomic E-state index is 0.864. The number of nitrogens with zero attached hydrogens (tertiary/aromatic N) is 1. The second kappa shape index (κ2) is 9.96. The van der Waals surface area contributed by atoms with Crippen LogP contribution in [0.5, 0.6) is 0 Å². The number of H-pyrrole nitrogens is 1. The fourth-order valence-corrected chi connectivity index (χ4v) is 5.31. The molecule has 0 radical (unpaired) electrons. The summed E-state index contributed by atoms with van der Waals surface area (Å²) in [4.78, 5) is 3.44. The highest BCUT2D eigenvalue weighted by Gasteiger charge is 2.23. The molecule has 0 bridgehead atoms. The molecule has 0 amide bonds. The highest BCUT2D eigenvalue weighted by Crippen LogP contribution is 2.30. The van der Waals surface area contributed by atoms with Crippen molar-refractivity contribution < 1.29 is 4.57 Å². The Bertz CT molecular complexity index is 1560. The zero-order valence-corrected chi connectivity index (χ0v) is 21.4. The summed E-state index contributed by atoms with van der Waals surface area (Å²) < 4.78 is 3.58. The Morgan fingerprint density at radius 1 is 0.583 bits per heavy atom. The van der Waals surface area contributed by atoms with Crippen molar-refractivity contribution in [1.82, 2.24) is 4.98 Å². The van der Waals surface area contributed by atoms with Crippen molar-refractivity contribution in [2.45, 2.75) is 13.0 Å². The zero-order valence-electron chi connectivity index (χ0n) is 19.9. The number of aryl methyl sites for hydroxylation is 1. The van der Waals surface area contributed by atoms with Crippen LogP contribution in [0.15, 0.2) is 132 Å². The molecule has 0 aliphatic carbocycles. The van der Waals surface area contributed by atoms with Crippen LogP contribution in [0, 0.1) is 0 Å². The van der Waals surface area contributed by atoms with Gasteiger partial charge in [-0.2, -0.15) is 4.57 Å². The van der Waals surface area contributed by atoms with Crippen molar-refractivity contribution in [2.75, 3.05) is 0 Å². The number of hydrogen-bond donors (Lipinski definition) is 1. The van der Waals surface area contributed by atoms with Gasteiger partial charge < -0.3 is 4.98 Å². The minimum Gasteiger partial charge on any atom is -0.361 e. The molecule has 36 heavy (non-hydrogen) atoms. The molecule has 2 aromatic heterocycles. The molecular formula is C33H26BrN2+. The van der Waals surface area contributed by atoms with Gasteiger partial charge in [-0.1, -0.05) is 82.7 Å². The van der Waals surface area contributed by atoms with Gasteiger partial charge in [-0.25, -0.2) is 0 Å². The van der Waals surface area contributed by atoms with E-state index in [2.05, 4.69) is 153 Å². The summed E-state index contributed by atoms with van der Waals surface area (Å²) in [5.74, 6) is 0. The largest absolute Gasteiger partial charge is 0.361 e. The van der Waals surface area contributed by atoms with E-state index in [4.69, 9.17) is 0 Å². The van der Waals surface area contributed by atoms with E-state index in [-0.39, 0.29) is 0 Å². The average molecular weight is 530 g/mol. The summed E-state index contributed by atoms with van der Waals surface area (Å²) in [6.45, 7) is 0.864. The summed E-state index contributed by atoms with van der Waals surface area (Å²) in [6, 6.07) is 43.2. The second-order valence-corrected chi connectivity index (χ2v) is 9.93. The number of nitrogens with one attached hydrogen (secondary N) is 1. The number of aromatic nitrogens is 2. The molecule has 2 heterocycles. The summed E-state index contributed by atoms with van der Waals surface area (Å²) in [5.41, 5.74) is 9.81. The van der Waals surface area contributed by atoms with Gasteiger partial charge in [0.15, 0.2) is 6.54 Å². The first-order valence-corrected chi connectivity index (χ1v) is 13.1. The van der Waals surface area contributed by atoms with Gasteiger partial charge in [-0.05, 0) is 59.2 Å². The lowest BCUT2D eigenvalue weighted by atomic mass is 9.98. The summed E-state index contributed by atoms with van der Waals surface area (Å²) >= 11 is 3.64. The lowest BCUT2D eigenvalue weighted by Gasteiger charge is -2.13. The summed E-state index contributed by atoms with van der Waals surface area (Å²) in [7, 11) is 0. The molecule has 0 saturated heterocycles. The molecule has 0 aliphatic rings. The zero-order chi connectivity index (χ0) is 24.3. The molecule has 1 N–H and O–H groups in total. The van der Waals surface area contributed by atoms with Crippen molar-refractivity contribution >= 4 is 26.8 Å². The maximum atomic E-state index is 3.64. The first-order valence-electron chi connectivity index (χ1n) is 12.3. The van der Waals surface area contributed by atoms with Crippen LogP contribution in [0.2, 0.25) is 0 Å². The second-order valence-electron chi connectivity index (χ2n) is 9.02. The molecule has 6 aromatic rings. The lowest BCUT2D eigenvalue weighted by Crippen LogP contribution is -2.40. The van der Waals surface area contributed by atoms with E-state index in [1.165, 1.54) is 50.1 Å². The fraction of sp³-hybridized carbons (Fsp3) is 0.0606. The van der Waals surface area contributed by atoms with Crippen LogP contribution >= 0.6 is 15.9 Å². The molecule has 3 heteroatoms. The van der Waals surface area contributed by atoms with E-state index in [1.807, 2.05) is 0 Å². The van der Waals surface area contributed by atoms with Crippen molar-refractivity contribution in [3.05, 3.63) is 138 Å². The number of pyridine rings is 1. The SMILES string of the molecule is Brc1ccc2[nH]cc(CC[n+]3c(-c4ccccc4)cc(-c4ccccc4)cc3-c3ccccc3)c2c1. The average Bonchev–Trinajstić information content (AvgIpc) is 3.35. The Morgan fingerprint density at radius 3 is 1.72 bits per heavy atom. The highest BCUT2D eigenvalue weighted by molar-refractivity contribution is 9.10. The van der Waals surface area contributed by atoms with Gasteiger partial charge in [-0.15, -0.1) is 0 Å². The van der Waals surface area contributed by atoms with Crippen molar-refractivity contribution in [1.29, 1.82) is 0 Å². The Morgan fingerprint density at radius 2 is 1.14 bits per heavy atom. The summed E-state index contributed by atoms with van der Waals surface area (Å²) in [6.07, 6.45) is 3.08. The van der Waals surface area contributed by atoms with E-state index in [0.29, 0.717) is 0 Å². The van der Waals surface area contributed by atoms with Crippen molar-refractivity contribution in [3.8, 4) is 33.6 Å². The third-order valence-electron chi connectivity index (χ3n) is 6.75. The minimum atomic E-state index is 0.864. The third-order valence-corrected chi connectivity index (χ3v) is 7.24. The van der Waals surface area contributed by atoms with Crippen LogP contribution in [-0.4, -0.2) is 4.98 Å². The number of hydrogen-bond acceptors (Lipinski definition) is 0. The van der Waals surface area contributed by atoms with Gasteiger partial charge in [0, 0.05) is 51.3 Å². The lowest BCUT2D eigenvalue weighted by molar-refractivity contribution is -0.674. The van der Waals surface area contributed by atoms with Gasteiger partial charge in [0.25, 0.3) is 0 Å². The molecule has 0 spiro atoms. The molecule has 0 fully saturated rings. The standard InChI is InChI=1S/C33H26BrN2/c34-29-16-17-31-30(22-29)27(23-35-31)18-19-36-32(25-12-6-2-7-13-25)20-28(24-10-4-1-5-11-24)21-33(36)26-14-8-3-9-15-26/h1-17,20-23,35H,18-19H2/q+1. The summed E-state index contributed by atoms with van der Waals surface area (Å²) in [5, 5.41) is 1.27. The van der Waals surface area contributed by atoms with Crippen molar-refractivity contribution in [2.24, 2.45) is 0 Å². The molecule has 6 rings (SSSR count). The van der Waals surface area contributed by atoms with Gasteiger partial charge in [0.1, 0.15) is 0 Å². The first-order chi connectivity index (χ1) is 17.8. The Labute approximate surface area is 220 Å². The quantitative estimate of drug-likeness (QED) is 0.209. The smallest absolute Gasteiger partial charge is 0.213 e. The van der Waals surface area contributed by atoms with Gasteiger partial charge >= 0.3 is 0 Å². The van der Waals surface area contributed by atoms with Gasteiger partial charge in [0.2, 0.25) is 11.4 Å². The Hall–Kier alpha value is -3.95. The molecule has 0 unspecified atom stereocenters. The molecule has 4 aromatic carbocycles. The topological polar surface area (TPSA) is 19.7 Å². The van der Waals surface area contributed by atoms with E-state index in [0.717, 1.165) is 17.4 Å². The van der Waals surface area contributed by atoms with E-state index >= 15 is 0 Å². The van der Waals surface area contributed by atoms with Crippen LogP contribution in [-0.2, 0) is 13.0 Å². The number of halogens is 1. The van der Waals surface area contributed by atoms with E-state index in [9.17, 15) is 0 Å². The molecule has 0 saturated carbocycles. The van der Waals surface area contributed by atoms with E-state index < -0.39 is 0 Å². The molecule has 2 nitrogen and oxygen atoms in total. The maximum absolute atomic E-state index is 3.64. The molecule has 0 aliphatic heterocycles. The number of aromatic amines is 1. The Balaban J connectivity index is 1.53. The fourth-order valence-electron chi connectivity index (χ4n) is 4.95.